The standard InChI is InChI=1S/C15H20O2S/c1-11(16)13(14(17)18-15(2,3)4)10-12-8-6-5-7-9-12/h5-9,13H,10H2,1-4H3. The topological polar surface area (TPSA) is 34.1 Å². The lowest BCUT2D eigenvalue weighted by Gasteiger charge is -2.20. The summed E-state index contributed by atoms with van der Waals surface area (Å²) >= 11 is 1.25. The first-order valence-corrected chi connectivity index (χ1v) is 6.88. The Bertz CT molecular complexity index is 418. The molecule has 0 N–H and O–H groups in total. The SMILES string of the molecule is CC(=O)C(Cc1ccccc1)C(=O)SC(C)(C)C. The van der Waals surface area contributed by atoms with Crippen LogP contribution in [-0.4, -0.2) is 15.6 Å². The summed E-state index contributed by atoms with van der Waals surface area (Å²) in [7, 11) is 0. The molecule has 0 saturated carbocycles. The Labute approximate surface area is 113 Å². The Kier molecular flexibility index (Phi) is 5.15. The van der Waals surface area contributed by atoms with E-state index in [0.717, 1.165) is 5.56 Å². The van der Waals surface area contributed by atoms with Crippen LogP contribution < -0.4 is 0 Å². The predicted molar refractivity (Wildman–Crippen MR) is 76.7 cm³/mol. The van der Waals surface area contributed by atoms with E-state index in [9.17, 15) is 9.59 Å². The summed E-state index contributed by atoms with van der Waals surface area (Å²) in [6, 6.07) is 9.68. The van der Waals surface area contributed by atoms with Crippen molar-refractivity contribution in [2.45, 2.75) is 38.9 Å². The van der Waals surface area contributed by atoms with Gasteiger partial charge in [0.25, 0.3) is 0 Å². The minimum Gasteiger partial charge on any atom is -0.299 e. The van der Waals surface area contributed by atoms with E-state index >= 15 is 0 Å². The van der Waals surface area contributed by atoms with Gasteiger partial charge in [0.1, 0.15) is 5.78 Å². The number of ketones is 1. The van der Waals surface area contributed by atoms with E-state index in [1.807, 2.05) is 51.1 Å². The van der Waals surface area contributed by atoms with Crippen LogP contribution in [0.3, 0.4) is 0 Å². The van der Waals surface area contributed by atoms with E-state index in [4.69, 9.17) is 0 Å². The summed E-state index contributed by atoms with van der Waals surface area (Å²) in [6.45, 7) is 7.44. The molecule has 3 heteroatoms. The van der Waals surface area contributed by atoms with Gasteiger partial charge in [-0.3, -0.25) is 9.59 Å². The lowest BCUT2D eigenvalue weighted by molar-refractivity contribution is -0.127. The summed E-state index contributed by atoms with van der Waals surface area (Å²) in [5.74, 6) is -0.586. The minimum absolute atomic E-state index is 0.0288. The maximum absolute atomic E-state index is 12.1. The predicted octanol–water partition coefficient (Wildman–Crippen LogP) is 3.49. The summed E-state index contributed by atoms with van der Waals surface area (Å²) in [5.41, 5.74) is 1.03. The van der Waals surface area contributed by atoms with E-state index in [-0.39, 0.29) is 15.6 Å². The molecule has 1 atom stereocenters. The van der Waals surface area contributed by atoms with Gasteiger partial charge >= 0.3 is 0 Å². The molecule has 1 rings (SSSR count). The third kappa shape index (κ3) is 5.05. The lowest BCUT2D eigenvalue weighted by atomic mass is 9.97. The number of hydrogen-bond donors (Lipinski definition) is 0. The molecule has 98 valence electrons. The smallest absolute Gasteiger partial charge is 0.200 e. The van der Waals surface area contributed by atoms with Crippen molar-refractivity contribution in [3.05, 3.63) is 35.9 Å². The molecule has 0 amide bonds. The molecule has 1 unspecified atom stereocenters. The van der Waals surface area contributed by atoms with Gasteiger partial charge in [-0.25, -0.2) is 0 Å². The second-order valence-corrected chi connectivity index (χ2v) is 7.22. The normalized spacial score (nSPS) is 13.1. The maximum atomic E-state index is 12.1. The Morgan fingerprint density at radius 2 is 1.72 bits per heavy atom. The molecule has 0 heterocycles. The fourth-order valence-electron chi connectivity index (χ4n) is 1.62. The van der Waals surface area contributed by atoms with Gasteiger partial charge in [0.2, 0.25) is 0 Å². The van der Waals surface area contributed by atoms with Crippen LogP contribution >= 0.6 is 11.8 Å². The van der Waals surface area contributed by atoms with Crippen molar-refractivity contribution < 1.29 is 9.59 Å². The number of hydrogen-bond acceptors (Lipinski definition) is 3. The first-order chi connectivity index (χ1) is 8.29. The molecule has 0 aliphatic rings. The van der Waals surface area contributed by atoms with E-state index in [0.29, 0.717) is 6.42 Å². The van der Waals surface area contributed by atoms with E-state index in [1.54, 1.807) is 0 Å². The molecular formula is C15H20O2S. The quantitative estimate of drug-likeness (QED) is 0.781. The van der Waals surface area contributed by atoms with Gasteiger partial charge in [-0.05, 0) is 18.9 Å². The zero-order chi connectivity index (χ0) is 13.8. The van der Waals surface area contributed by atoms with Crippen LogP contribution in [-0.2, 0) is 16.0 Å². The summed E-state index contributed by atoms with van der Waals surface area (Å²) in [5, 5.41) is -0.0288. The third-order valence-electron chi connectivity index (χ3n) is 2.46. The van der Waals surface area contributed by atoms with E-state index in [1.165, 1.54) is 18.7 Å². The van der Waals surface area contributed by atoms with Gasteiger partial charge in [-0.15, -0.1) is 0 Å². The Balaban J connectivity index is 2.78. The fourth-order valence-corrected chi connectivity index (χ4v) is 2.61. The third-order valence-corrected chi connectivity index (χ3v) is 3.56. The number of Topliss-reactive ketones (excluding diaryl/α,β-unsaturated/α-hetero) is 1. The molecule has 2 nitrogen and oxygen atoms in total. The monoisotopic (exact) mass is 264 g/mol. The van der Waals surface area contributed by atoms with E-state index < -0.39 is 5.92 Å². The molecule has 0 saturated heterocycles. The van der Waals surface area contributed by atoms with Crippen LogP contribution in [0.2, 0.25) is 0 Å². The van der Waals surface area contributed by atoms with Crippen LogP contribution in [0.4, 0.5) is 0 Å². The highest BCUT2D eigenvalue weighted by Crippen LogP contribution is 2.28. The van der Waals surface area contributed by atoms with Crippen molar-refractivity contribution in [1.82, 2.24) is 0 Å². The van der Waals surface area contributed by atoms with Gasteiger partial charge in [0.15, 0.2) is 5.12 Å². The summed E-state index contributed by atoms with van der Waals surface area (Å²) < 4.78 is -0.151. The summed E-state index contributed by atoms with van der Waals surface area (Å²) in [6.07, 6.45) is 0.498. The van der Waals surface area contributed by atoms with Crippen molar-refractivity contribution >= 4 is 22.7 Å². The molecule has 0 radical (unpaired) electrons. The Morgan fingerprint density at radius 3 is 2.17 bits per heavy atom. The highest BCUT2D eigenvalue weighted by Gasteiger charge is 2.28. The van der Waals surface area contributed by atoms with Crippen LogP contribution in [0.15, 0.2) is 30.3 Å². The number of thioether (sulfide) groups is 1. The molecule has 1 aromatic carbocycles. The molecule has 0 bridgehead atoms. The van der Waals surface area contributed by atoms with Crippen molar-refractivity contribution in [2.75, 3.05) is 0 Å². The zero-order valence-corrected chi connectivity index (χ0v) is 12.2. The average molecular weight is 264 g/mol. The number of carbonyl (C=O) groups is 2. The number of rotatable bonds is 4. The minimum atomic E-state index is -0.531. The number of benzene rings is 1. The van der Waals surface area contributed by atoms with Crippen molar-refractivity contribution in [2.24, 2.45) is 5.92 Å². The maximum Gasteiger partial charge on any atom is 0.200 e. The second-order valence-electron chi connectivity index (χ2n) is 5.39. The molecule has 0 aliphatic heterocycles. The molecular weight excluding hydrogens is 244 g/mol. The molecule has 18 heavy (non-hydrogen) atoms. The van der Waals surface area contributed by atoms with Gasteiger partial charge < -0.3 is 0 Å². The molecule has 1 aromatic rings. The highest BCUT2D eigenvalue weighted by molar-refractivity contribution is 8.14. The van der Waals surface area contributed by atoms with Gasteiger partial charge in [0.05, 0.1) is 5.92 Å². The van der Waals surface area contributed by atoms with Gasteiger partial charge in [-0.2, -0.15) is 0 Å². The molecule has 0 aromatic heterocycles. The van der Waals surface area contributed by atoms with Crippen molar-refractivity contribution in [3.8, 4) is 0 Å². The van der Waals surface area contributed by atoms with Crippen LogP contribution in [0.1, 0.15) is 33.3 Å². The Morgan fingerprint density at radius 1 is 1.17 bits per heavy atom. The van der Waals surface area contributed by atoms with Crippen molar-refractivity contribution in [1.29, 1.82) is 0 Å². The second kappa shape index (κ2) is 6.19. The van der Waals surface area contributed by atoms with Crippen LogP contribution in [0.25, 0.3) is 0 Å². The first kappa shape index (κ1) is 15.0. The number of carbonyl (C=O) groups excluding carboxylic acids is 2. The molecule has 0 spiro atoms. The highest BCUT2D eigenvalue weighted by atomic mass is 32.2. The average Bonchev–Trinajstić information content (AvgIpc) is 2.24. The molecule has 0 fully saturated rings. The Hall–Kier alpha value is -1.09. The zero-order valence-electron chi connectivity index (χ0n) is 11.4. The van der Waals surface area contributed by atoms with E-state index in [2.05, 4.69) is 0 Å². The largest absolute Gasteiger partial charge is 0.299 e. The van der Waals surface area contributed by atoms with Gasteiger partial charge in [-0.1, -0.05) is 62.9 Å². The first-order valence-electron chi connectivity index (χ1n) is 6.07. The van der Waals surface area contributed by atoms with Gasteiger partial charge in [0, 0.05) is 4.75 Å². The van der Waals surface area contributed by atoms with Crippen molar-refractivity contribution in [3.63, 3.8) is 0 Å². The van der Waals surface area contributed by atoms with Crippen LogP contribution in [0, 0.1) is 5.92 Å². The fraction of sp³-hybridized carbons (Fsp3) is 0.467. The van der Waals surface area contributed by atoms with Crippen LogP contribution in [0.5, 0.6) is 0 Å². The lowest BCUT2D eigenvalue weighted by Crippen LogP contribution is -2.25. The summed E-state index contributed by atoms with van der Waals surface area (Å²) in [4.78, 5) is 23.8. The molecule has 0 aliphatic carbocycles.